The van der Waals surface area contributed by atoms with Gasteiger partial charge in [-0.3, -0.25) is 0 Å². The molecule has 1 N–H and O–H groups in total. The Kier molecular flexibility index (Phi) is 6.66. The summed E-state index contributed by atoms with van der Waals surface area (Å²) in [6.07, 6.45) is 0.822. The van der Waals surface area contributed by atoms with Crippen LogP contribution in [-0.4, -0.2) is 62.1 Å². The molecule has 1 fully saturated rings. The van der Waals surface area contributed by atoms with Gasteiger partial charge in [-0.15, -0.1) is 0 Å². The number of carbonyl (C=O) groups excluding carboxylic acids is 1. The van der Waals surface area contributed by atoms with Crippen molar-refractivity contribution in [3.63, 3.8) is 0 Å². The van der Waals surface area contributed by atoms with Gasteiger partial charge in [0.05, 0.1) is 19.8 Å². The molecule has 2 aliphatic rings. The third-order valence-corrected chi connectivity index (χ3v) is 6.42. The zero-order valence-corrected chi connectivity index (χ0v) is 20.8. The van der Waals surface area contributed by atoms with Gasteiger partial charge in [-0.2, -0.15) is 0 Å². The van der Waals surface area contributed by atoms with Crippen LogP contribution in [0.15, 0.2) is 65.7 Å². The van der Waals surface area contributed by atoms with Crippen LogP contribution in [0.4, 0.5) is 16.2 Å². The predicted molar refractivity (Wildman–Crippen MR) is 140 cm³/mol. The van der Waals surface area contributed by atoms with Crippen LogP contribution in [0.5, 0.6) is 23.0 Å². The van der Waals surface area contributed by atoms with E-state index in [4.69, 9.17) is 19.2 Å². The minimum absolute atomic E-state index is 0.112. The van der Waals surface area contributed by atoms with Gasteiger partial charge >= 0.3 is 6.03 Å². The largest absolute Gasteiger partial charge is 0.497 e. The third kappa shape index (κ3) is 4.93. The first-order valence-electron chi connectivity index (χ1n) is 12.0. The van der Waals surface area contributed by atoms with Crippen molar-refractivity contribution < 1.29 is 19.0 Å². The number of ether oxygens (including phenoxy) is 3. The maximum absolute atomic E-state index is 13.0. The Labute approximate surface area is 211 Å². The summed E-state index contributed by atoms with van der Waals surface area (Å²) in [5, 5.41) is 2.99. The van der Waals surface area contributed by atoms with Crippen LogP contribution in [0.2, 0.25) is 0 Å². The van der Waals surface area contributed by atoms with Crippen LogP contribution in [0.3, 0.4) is 0 Å². The average Bonchev–Trinajstić information content (AvgIpc) is 3.23. The normalized spacial score (nSPS) is 14.9. The Morgan fingerprint density at radius 2 is 1.67 bits per heavy atom. The van der Waals surface area contributed by atoms with Gasteiger partial charge in [0, 0.05) is 37.9 Å². The zero-order valence-electron chi connectivity index (χ0n) is 20.8. The van der Waals surface area contributed by atoms with Crippen molar-refractivity contribution >= 4 is 23.2 Å². The van der Waals surface area contributed by atoms with E-state index in [2.05, 4.69) is 10.2 Å². The lowest BCUT2D eigenvalue weighted by atomic mass is 10.1. The second kappa shape index (κ2) is 10.2. The number of anilines is 1. The van der Waals surface area contributed by atoms with E-state index in [0.29, 0.717) is 25.4 Å². The molecule has 3 aromatic rings. The standard InChI is InChI=1S/C28H30N4O4/c1-19-5-12-24-26(17-19)36-25-18-22(35-3)10-11-23(25)27(30-24)31-13-4-14-32(16-15-31)28(33)29-20-6-8-21(34-2)9-7-20/h5-12,17-18H,4,13-16H2,1-3H3,(H,29,33). The van der Waals surface area contributed by atoms with Crippen molar-refractivity contribution in [3.05, 3.63) is 71.8 Å². The molecule has 5 rings (SSSR count). The van der Waals surface area contributed by atoms with Gasteiger partial charge in [0.1, 0.15) is 28.8 Å². The lowest BCUT2D eigenvalue weighted by Gasteiger charge is -2.25. The fourth-order valence-corrected chi connectivity index (χ4v) is 4.44. The predicted octanol–water partition coefficient (Wildman–Crippen LogP) is 5.44. The molecule has 2 aliphatic heterocycles. The molecule has 0 aromatic heterocycles. The highest BCUT2D eigenvalue weighted by Crippen LogP contribution is 2.40. The van der Waals surface area contributed by atoms with Gasteiger partial charge in [0.15, 0.2) is 5.75 Å². The maximum atomic E-state index is 13.0. The van der Waals surface area contributed by atoms with E-state index in [9.17, 15) is 4.79 Å². The number of rotatable bonds is 3. The molecule has 36 heavy (non-hydrogen) atoms. The number of amidine groups is 1. The molecular formula is C28H30N4O4. The van der Waals surface area contributed by atoms with E-state index in [0.717, 1.165) is 58.6 Å². The summed E-state index contributed by atoms with van der Waals surface area (Å²) < 4.78 is 17.0. The third-order valence-electron chi connectivity index (χ3n) is 6.42. The molecule has 2 amide bonds. The molecule has 0 aliphatic carbocycles. The number of urea groups is 1. The summed E-state index contributed by atoms with van der Waals surface area (Å²) in [4.78, 5) is 22.1. The molecule has 0 spiro atoms. The molecule has 8 nitrogen and oxygen atoms in total. The highest BCUT2D eigenvalue weighted by Gasteiger charge is 2.26. The Bertz CT molecular complexity index is 1290. The zero-order chi connectivity index (χ0) is 25.1. The SMILES string of the molecule is COc1ccc(NC(=O)N2CCCN(C3=Nc4ccc(C)cc4Oc4cc(OC)ccc43)CC2)cc1. The number of methoxy groups -OCH3 is 2. The van der Waals surface area contributed by atoms with E-state index in [1.54, 1.807) is 14.2 Å². The van der Waals surface area contributed by atoms with E-state index < -0.39 is 0 Å². The summed E-state index contributed by atoms with van der Waals surface area (Å²) in [5.74, 6) is 3.74. The number of carbonyl (C=O) groups is 1. The minimum Gasteiger partial charge on any atom is -0.497 e. The molecule has 8 heteroatoms. The summed E-state index contributed by atoms with van der Waals surface area (Å²) in [5.41, 5.74) is 3.53. The first kappa shape index (κ1) is 23.5. The molecule has 3 aromatic carbocycles. The Morgan fingerprint density at radius 1 is 0.889 bits per heavy atom. The van der Waals surface area contributed by atoms with Crippen LogP contribution in [0.1, 0.15) is 17.5 Å². The number of fused-ring (bicyclic) bond motifs is 2. The lowest BCUT2D eigenvalue weighted by Crippen LogP contribution is -2.39. The Morgan fingerprint density at radius 3 is 2.44 bits per heavy atom. The highest BCUT2D eigenvalue weighted by molar-refractivity contribution is 6.04. The lowest BCUT2D eigenvalue weighted by molar-refractivity contribution is 0.214. The van der Waals surface area contributed by atoms with Crippen LogP contribution < -0.4 is 19.5 Å². The first-order chi connectivity index (χ1) is 17.5. The molecule has 0 bridgehead atoms. The van der Waals surface area contributed by atoms with Crippen molar-refractivity contribution in [3.8, 4) is 23.0 Å². The number of hydrogen-bond donors (Lipinski definition) is 1. The van der Waals surface area contributed by atoms with Gasteiger partial charge in [-0.25, -0.2) is 9.79 Å². The van der Waals surface area contributed by atoms with Crippen molar-refractivity contribution in [2.75, 3.05) is 45.7 Å². The van der Waals surface area contributed by atoms with Crippen LogP contribution in [0.25, 0.3) is 0 Å². The second-order valence-corrected chi connectivity index (χ2v) is 8.86. The van der Waals surface area contributed by atoms with Gasteiger partial charge in [0.2, 0.25) is 0 Å². The van der Waals surface area contributed by atoms with Gasteiger partial charge in [0.25, 0.3) is 0 Å². The number of amides is 2. The Hall–Kier alpha value is -4.20. The summed E-state index contributed by atoms with van der Waals surface area (Å²) in [7, 11) is 3.27. The van der Waals surface area contributed by atoms with Crippen molar-refractivity contribution in [1.82, 2.24) is 9.80 Å². The molecule has 1 saturated heterocycles. The quantitative estimate of drug-likeness (QED) is 0.534. The smallest absolute Gasteiger partial charge is 0.321 e. The second-order valence-electron chi connectivity index (χ2n) is 8.86. The fraction of sp³-hybridized carbons (Fsp3) is 0.286. The van der Waals surface area contributed by atoms with E-state index >= 15 is 0 Å². The minimum atomic E-state index is -0.112. The molecule has 2 heterocycles. The van der Waals surface area contributed by atoms with E-state index in [1.165, 1.54) is 0 Å². The van der Waals surface area contributed by atoms with E-state index in [-0.39, 0.29) is 6.03 Å². The molecule has 186 valence electrons. The van der Waals surface area contributed by atoms with Crippen LogP contribution in [0, 0.1) is 6.92 Å². The maximum Gasteiger partial charge on any atom is 0.321 e. The van der Waals surface area contributed by atoms with Crippen LogP contribution >= 0.6 is 0 Å². The summed E-state index contributed by atoms with van der Waals surface area (Å²) in [6, 6.07) is 19.1. The number of nitrogens with one attached hydrogen (secondary N) is 1. The number of hydrogen-bond acceptors (Lipinski definition) is 6. The summed E-state index contributed by atoms with van der Waals surface area (Å²) >= 11 is 0. The number of aliphatic imine (C=N–C) groups is 1. The highest BCUT2D eigenvalue weighted by atomic mass is 16.5. The molecule has 0 atom stereocenters. The average molecular weight is 487 g/mol. The topological polar surface area (TPSA) is 75.6 Å². The van der Waals surface area contributed by atoms with Gasteiger partial charge in [-0.1, -0.05) is 6.07 Å². The van der Waals surface area contributed by atoms with Gasteiger partial charge in [-0.05, 0) is 67.4 Å². The number of benzene rings is 3. The monoisotopic (exact) mass is 486 g/mol. The Balaban J connectivity index is 1.38. The number of aryl methyl sites for hydroxylation is 1. The van der Waals surface area contributed by atoms with Gasteiger partial charge < -0.3 is 29.3 Å². The van der Waals surface area contributed by atoms with E-state index in [1.807, 2.05) is 72.5 Å². The molecule has 0 saturated carbocycles. The van der Waals surface area contributed by atoms with Crippen LogP contribution in [-0.2, 0) is 0 Å². The molecule has 0 radical (unpaired) electrons. The summed E-state index contributed by atoms with van der Waals surface area (Å²) in [6.45, 7) is 4.70. The number of nitrogens with zero attached hydrogens (tertiary/aromatic N) is 3. The molecular weight excluding hydrogens is 456 g/mol. The van der Waals surface area contributed by atoms with Crippen molar-refractivity contribution in [1.29, 1.82) is 0 Å². The van der Waals surface area contributed by atoms with Crippen molar-refractivity contribution in [2.45, 2.75) is 13.3 Å². The molecule has 0 unspecified atom stereocenters. The van der Waals surface area contributed by atoms with Crippen molar-refractivity contribution in [2.24, 2.45) is 4.99 Å². The fourth-order valence-electron chi connectivity index (χ4n) is 4.44. The first-order valence-corrected chi connectivity index (χ1v) is 12.0.